The summed E-state index contributed by atoms with van der Waals surface area (Å²) in [6.45, 7) is 5.54. The fourth-order valence-electron chi connectivity index (χ4n) is 1.28. The maximum Gasteiger partial charge on any atom is 0.252 e. The Bertz CT molecular complexity index is 352. The highest BCUT2D eigenvalue weighted by Gasteiger charge is 2.06. The van der Waals surface area contributed by atoms with Crippen LogP contribution in [-0.2, 0) is 4.74 Å². The van der Waals surface area contributed by atoms with E-state index in [9.17, 15) is 4.79 Å². The number of nitrogens with one attached hydrogen (secondary N) is 1. The van der Waals surface area contributed by atoms with Crippen LogP contribution in [0.25, 0.3) is 0 Å². The summed E-state index contributed by atoms with van der Waals surface area (Å²) in [5.41, 5.74) is 0.762. The van der Waals surface area contributed by atoms with E-state index in [4.69, 9.17) is 4.74 Å². The summed E-state index contributed by atoms with van der Waals surface area (Å²) in [5.74, 6) is 0.0222. The summed E-state index contributed by atoms with van der Waals surface area (Å²) in [6, 6.07) is 1.91. The highest BCUT2D eigenvalue weighted by atomic mass is 127. The lowest BCUT2D eigenvalue weighted by atomic mass is 10.3. The van der Waals surface area contributed by atoms with Gasteiger partial charge in [0.2, 0.25) is 0 Å². The number of ether oxygens (including phenoxy) is 1. The molecule has 0 saturated carbocycles. The second kappa shape index (κ2) is 8.05. The lowest BCUT2D eigenvalue weighted by Crippen LogP contribution is -2.24. The molecule has 0 unspecified atom stereocenters. The lowest BCUT2D eigenvalue weighted by Gasteiger charge is -2.07. The summed E-state index contributed by atoms with van der Waals surface area (Å²) in [4.78, 5) is 11.7. The van der Waals surface area contributed by atoms with Crippen molar-refractivity contribution in [2.24, 2.45) is 0 Å². The molecule has 1 amide bonds. The van der Waals surface area contributed by atoms with Crippen molar-refractivity contribution in [1.82, 2.24) is 5.32 Å². The summed E-state index contributed by atoms with van der Waals surface area (Å²) in [5, 5.41) is 4.80. The van der Waals surface area contributed by atoms with Gasteiger partial charge < -0.3 is 10.1 Å². The quantitative estimate of drug-likeness (QED) is 0.593. The summed E-state index contributed by atoms with van der Waals surface area (Å²) in [7, 11) is 0. The third kappa shape index (κ3) is 6.38. The van der Waals surface area contributed by atoms with E-state index in [1.54, 1.807) is 11.3 Å². The molecule has 1 heterocycles. The Morgan fingerprint density at radius 1 is 1.53 bits per heavy atom. The monoisotopic (exact) mass is 367 g/mol. The Balaban J connectivity index is 2.09. The predicted octanol–water partition coefficient (Wildman–Crippen LogP) is 3.29. The maximum absolute atomic E-state index is 11.7. The van der Waals surface area contributed by atoms with E-state index < -0.39 is 0 Å². The molecule has 96 valence electrons. The molecular formula is C12H18INO2S. The molecule has 0 fully saturated rings. The van der Waals surface area contributed by atoms with Gasteiger partial charge in [0.25, 0.3) is 5.91 Å². The zero-order chi connectivity index (χ0) is 12.7. The number of amides is 1. The van der Waals surface area contributed by atoms with E-state index in [0.717, 1.165) is 27.9 Å². The van der Waals surface area contributed by atoms with E-state index in [1.807, 2.05) is 25.3 Å². The Morgan fingerprint density at radius 2 is 2.29 bits per heavy atom. The summed E-state index contributed by atoms with van der Waals surface area (Å²) < 4.78 is 6.56. The van der Waals surface area contributed by atoms with Crippen LogP contribution < -0.4 is 5.32 Å². The van der Waals surface area contributed by atoms with Gasteiger partial charge in [-0.1, -0.05) is 0 Å². The molecule has 1 aromatic rings. The number of rotatable bonds is 7. The van der Waals surface area contributed by atoms with Gasteiger partial charge in [0.1, 0.15) is 0 Å². The van der Waals surface area contributed by atoms with Crippen molar-refractivity contribution in [3.8, 4) is 0 Å². The second-order valence-electron chi connectivity index (χ2n) is 4.02. The molecule has 5 heteroatoms. The van der Waals surface area contributed by atoms with Crippen LogP contribution >= 0.6 is 33.9 Å². The number of carbonyl (C=O) groups excluding carboxylic acids is 1. The first-order valence-corrected chi connectivity index (χ1v) is 7.69. The van der Waals surface area contributed by atoms with Crippen LogP contribution in [0.4, 0.5) is 0 Å². The van der Waals surface area contributed by atoms with Crippen molar-refractivity contribution in [2.75, 3.05) is 13.2 Å². The zero-order valence-electron chi connectivity index (χ0n) is 10.2. The normalized spacial score (nSPS) is 10.8. The van der Waals surface area contributed by atoms with Crippen molar-refractivity contribution in [3.63, 3.8) is 0 Å². The molecule has 1 N–H and O–H groups in total. The molecule has 0 aliphatic rings. The van der Waals surface area contributed by atoms with E-state index in [1.165, 1.54) is 0 Å². The Hall–Kier alpha value is -0.140. The van der Waals surface area contributed by atoms with Crippen molar-refractivity contribution >= 4 is 39.8 Å². The largest absolute Gasteiger partial charge is 0.379 e. The van der Waals surface area contributed by atoms with Gasteiger partial charge in [-0.05, 0) is 55.3 Å². The number of carbonyl (C=O) groups is 1. The third-order valence-corrected chi connectivity index (χ3v) is 3.93. The molecule has 1 rings (SSSR count). The number of halogens is 1. The fourth-order valence-corrected chi connectivity index (χ4v) is 2.61. The van der Waals surface area contributed by atoms with Gasteiger partial charge in [-0.15, -0.1) is 11.3 Å². The molecule has 0 aliphatic carbocycles. The molecular weight excluding hydrogens is 349 g/mol. The molecule has 0 aliphatic heterocycles. The van der Waals surface area contributed by atoms with E-state index >= 15 is 0 Å². The number of hydrogen-bond donors (Lipinski definition) is 1. The van der Waals surface area contributed by atoms with E-state index in [0.29, 0.717) is 6.54 Å². The first-order valence-electron chi connectivity index (χ1n) is 5.73. The molecule has 3 nitrogen and oxygen atoms in total. The Kier molecular flexibility index (Phi) is 7.06. The minimum absolute atomic E-state index is 0.0222. The van der Waals surface area contributed by atoms with Gasteiger partial charge in [0, 0.05) is 18.5 Å². The molecule has 1 aromatic heterocycles. The third-order valence-electron chi connectivity index (χ3n) is 2.14. The first kappa shape index (κ1) is 14.9. The second-order valence-corrected chi connectivity index (χ2v) is 6.83. The Morgan fingerprint density at radius 3 is 2.88 bits per heavy atom. The molecule has 0 spiro atoms. The highest BCUT2D eigenvalue weighted by molar-refractivity contribution is 14.1. The fraction of sp³-hybridized carbons (Fsp3) is 0.583. The molecule has 0 radical (unpaired) electrons. The van der Waals surface area contributed by atoms with Crippen LogP contribution in [0.1, 0.15) is 37.0 Å². The standard InChI is InChI=1S/C12H18INO2S/c1-9(2)16-6-4-3-5-14-12(15)10-7-11(13)17-8-10/h7-9H,3-6H2,1-2H3,(H,14,15). The van der Waals surface area contributed by atoms with E-state index in [-0.39, 0.29) is 12.0 Å². The summed E-state index contributed by atoms with van der Waals surface area (Å²) in [6.07, 6.45) is 2.23. The molecule has 0 saturated heterocycles. The minimum Gasteiger partial charge on any atom is -0.379 e. The van der Waals surface area contributed by atoms with Crippen LogP contribution in [0.3, 0.4) is 0 Å². The highest BCUT2D eigenvalue weighted by Crippen LogP contribution is 2.16. The van der Waals surface area contributed by atoms with Gasteiger partial charge in [-0.2, -0.15) is 0 Å². The van der Waals surface area contributed by atoms with Crippen LogP contribution in [0, 0.1) is 2.88 Å². The average Bonchev–Trinajstić information content (AvgIpc) is 2.69. The van der Waals surface area contributed by atoms with Crippen molar-refractivity contribution in [1.29, 1.82) is 0 Å². The first-order chi connectivity index (χ1) is 8.09. The SMILES string of the molecule is CC(C)OCCCCNC(=O)c1csc(I)c1. The number of unbranched alkanes of at least 4 members (excludes halogenated alkanes) is 1. The van der Waals surface area contributed by atoms with Crippen molar-refractivity contribution in [3.05, 3.63) is 19.9 Å². The van der Waals surface area contributed by atoms with Crippen LogP contribution in [0.2, 0.25) is 0 Å². The van der Waals surface area contributed by atoms with Crippen molar-refractivity contribution < 1.29 is 9.53 Å². The molecule has 0 bridgehead atoms. The lowest BCUT2D eigenvalue weighted by molar-refractivity contribution is 0.0754. The number of hydrogen-bond acceptors (Lipinski definition) is 3. The van der Waals surface area contributed by atoms with Crippen LogP contribution in [0.15, 0.2) is 11.4 Å². The van der Waals surface area contributed by atoms with Crippen LogP contribution in [-0.4, -0.2) is 25.2 Å². The van der Waals surface area contributed by atoms with Gasteiger partial charge in [-0.25, -0.2) is 0 Å². The number of thiophene rings is 1. The zero-order valence-corrected chi connectivity index (χ0v) is 13.1. The summed E-state index contributed by atoms with van der Waals surface area (Å²) >= 11 is 3.81. The van der Waals surface area contributed by atoms with Gasteiger partial charge in [0.05, 0.1) is 14.6 Å². The predicted molar refractivity (Wildman–Crippen MR) is 79.7 cm³/mol. The van der Waals surface area contributed by atoms with Gasteiger partial charge in [0.15, 0.2) is 0 Å². The smallest absolute Gasteiger partial charge is 0.252 e. The van der Waals surface area contributed by atoms with Gasteiger partial charge in [-0.3, -0.25) is 4.79 Å². The maximum atomic E-state index is 11.7. The minimum atomic E-state index is 0.0222. The molecule has 0 atom stereocenters. The van der Waals surface area contributed by atoms with Crippen molar-refractivity contribution in [2.45, 2.75) is 32.8 Å². The average molecular weight is 367 g/mol. The van der Waals surface area contributed by atoms with E-state index in [2.05, 4.69) is 27.9 Å². The molecule has 17 heavy (non-hydrogen) atoms. The molecule has 0 aromatic carbocycles. The Labute approximate surface area is 120 Å². The van der Waals surface area contributed by atoms with Gasteiger partial charge >= 0.3 is 0 Å². The topological polar surface area (TPSA) is 38.3 Å². The van der Waals surface area contributed by atoms with Crippen LogP contribution in [0.5, 0.6) is 0 Å².